The number of unbranched alkanes of at least 4 members (excludes halogenated alkanes) is 1. The molecule has 2 aromatic carbocycles. The van der Waals surface area contributed by atoms with Gasteiger partial charge < -0.3 is 9.47 Å². The maximum atomic E-state index is 5.70. The molecule has 0 fully saturated rings. The summed E-state index contributed by atoms with van der Waals surface area (Å²) >= 11 is 3.41. The summed E-state index contributed by atoms with van der Waals surface area (Å²) in [6, 6.07) is 16.1. The van der Waals surface area contributed by atoms with Crippen molar-refractivity contribution in [3.05, 3.63) is 58.6 Å². The van der Waals surface area contributed by atoms with Crippen LogP contribution in [0.1, 0.15) is 18.4 Å². The lowest BCUT2D eigenvalue weighted by atomic mass is 10.1. The largest absolute Gasteiger partial charge is 0.496 e. The lowest BCUT2D eigenvalue weighted by Crippen LogP contribution is -1.99. The van der Waals surface area contributed by atoms with Gasteiger partial charge in [0.1, 0.15) is 11.5 Å². The van der Waals surface area contributed by atoms with Gasteiger partial charge in [-0.1, -0.05) is 34.1 Å². The first-order valence-electron chi connectivity index (χ1n) is 6.80. The Morgan fingerprint density at radius 1 is 0.950 bits per heavy atom. The lowest BCUT2D eigenvalue weighted by Gasteiger charge is -2.09. The third-order valence-electron chi connectivity index (χ3n) is 3.12. The Kier molecular flexibility index (Phi) is 5.93. The van der Waals surface area contributed by atoms with Crippen molar-refractivity contribution in [1.29, 1.82) is 0 Å². The molecular weight excluding hydrogens is 316 g/mol. The number of hydrogen-bond acceptors (Lipinski definition) is 2. The van der Waals surface area contributed by atoms with Crippen molar-refractivity contribution in [2.24, 2.45) is 0 Å². The molecule has 0 aliphatic carbocycles. The van der Waals surface area contributed by atoms with Gasteiger partial charge in [-0.15, -0.1) is 0 Å². The Hall–Kier alpha value is -1.48. The number of ether oxygens (including phenoxy) is 2. The monoisotopic (exact) mass is 334 g/mol. The van der Waals surface area contributed by atoms with Crippen LogP contribution >= 0.6 is 15.9 Å². The van der Waals surface area contributed by atoms with Gasteiger partial charge in [0.15, 0.2) is 0 Å². The molecule has 0 heterocycles. The fourth-order valence-electron chi connectivity index (χ4n) is 2.05. The molecule has 0 aromatic heterocycles. The highest BCUT2D eigenvalue weighted by molar-refractivity contribution is 9.10. The quantitative estimate of drug-likeness (QED) is 0.673. The van der Waals surface area contributed by atoms with Gasteiger partial charge >= 0.3 is 0 Å². The van der Waals surface area contributed by atoms with Crippen molar-refractivity contribution in [3.63, 3.8) is 0 Å². The molecule has 2 aromatic rings. The van der Waals surface area contributed by atoms with E-state index in [1.54, 1.807) is 7.11 Å². The third-order valence-corrected chi connectivity index (χ3v) is 3.64. The Morgan fingerprint density at radius 3 is 2.45 bits per heavy atom. The zero-order valence-electron chi connectivity index (χ0n) is 11.6. The van der Waals surface area contributed by atoms with Crippen molar-refractivity contribution in [2.75, 3.05) is 13.7 Å². The van der Waals surface area contributed by atoms with Crippen LogP contribution in [0.5, 0.6) is 11.5 Å². The van der Waals surface area contributed by atoms with Crippen molar-refractivity contribution >= 4 is 15.9 Å². The van der Waals surface area contributed by atoms with Gasteiger partial charge in [0.2, 0.25) is 0 Å². The number of methoxy groups -OCH3 is 1. The van der Waals surface area contributed by atoms with Crippen LogP contribution in [0.15, 0.2) is 53.0 Å². The van der Waals surface area contributed by atoms with Crippen LogP contribution in [0.2, 0.25) is 0 Å². The summed E-state index contributed by atoms with van der Waals surface area (Å²) in [5.41, 5.74) is 1.26. The Labute approximate surface area is 128 Å². The van der Waals surface area contributed by atoms with E-state index in [0.717, 1.165) is 41.8 Å². The van der Waals surface area contributed by atoms with Crippen molar-refractivity contribution in [2.45, 2.75) is 19.3 Å². The highest BCUT2D eigenvalue weighted by Crippen LogP contribution is 2.20. The van der Waals surface area contributed by atoms with Crippen molar-refractivity contribution in [1.82, 2.24) is 0 Å². The number of halogens is 1. The normalized spacial score (nSPS) is 10.3. The summed E-state index contributed by atoms with van der Waals surface area (Å²) in [7, 11) is 1.72. The highest BCUT2D eigenvalue weighted by Gasteiger charge is 2.01. The molecule has 20 heavy (non-hydrogen) atoms. The molecule has 0 aliphatic heterocycles. The molecule has 3 heteroatoms. The predicted octanol–water partition coefficient (Wildman–Crippen LogP) is 4.86. The average Bonchev–Trinajstić information content (AvgIpc) is 2.49. The minimum absolute atomic E-state index is 0.747. The van der Waals surface area contributed by atoms with E-state index in [1.807, 2.05) is 36.4 Å². The number of para-hydroxylation sites is 1. The lowest BCUT2D eigenvalue weighted by molar-refractivity contribution is 0.306. The maximum absolute atomic E-state index is 5.70. The number of hydrogen-bond donors (Lipinski definition) is 0. The SMILES string of the molecule is COc1ccccc1CCCCOc1ccc(Br)cc1. The second-order valence-corrected chi connectivity index (χ2v) is 5.49. The molecule has 0 bridgehead atoms. The minimum atomic E-state index is 0.747. The van der Waals surface area contributed by atoms with Gasteiger partial charge in [0, 0.05) is 4.47 Å². The van der Waals surface area contributed by atoms with Gasteiger partial charge in [-0.2, -0.15) is 0 Å². The van der Waals surface area contributed by atoms with Crippen molar-refractivity contribution in [3.8, 4) is 11.5 Å². The van der Waals surface area contributed by atoms with Gasteiger partial charge in [-0.05, 0) is 55.2 Å². The summed E-state index contributed by atoms with van der Waals surface area (Å²) < 4.78 is 12.1. The zero-order valence-corrected chi connectivity index (χ0v) is 13.2. The second kappa shape index (κ2) is 7.95. The Balaban J connectivity index is 1.70. The van der Waals surface area contributed by atoms with Gasteiger partial charge in [-0.25, -0.2) is 0 Å². The van der Waals surface area contributed by atoms with Crippen LogP contribution < -0.4 is 9.47 Å². The zero-order chi connectivity index (χ0) is 14.2. The van der Waals surface area contributed by atoms with Crippen molar-refractivity contribution < 1.29 is 9.47 Å². The molecule has 0 radical (unpaired) electrons. The van der Waals surface area contributed by atoms with E-state index in [4.69, 9.17) is 9.47 Å². The van der Waals surface area contributed by atoms with Crippen LogP contribution in [-0.2, 0) is 6.42 Å². The first-order chi connectivity index (χ1) is 9.79. The Bertz CT molecular complexity index is 523. The van der Waals surface area contributed by atoms with Crippen LogP contribution in [0, 0.1) is 0 Å². The number of aryl methyl sites for hydroxylation is 1. The fraction of sp³-hybridized carbons (Fsp3) is 0.294. The molecule has 0 atom stereocenters. The molecule has 2 nitrogen and oxygen atoms in total. The minimum Gasteiger partial charge on any atom is -0.496 e. The predicted molar refractivity (Wildman–Crippen MR) is 85.6 cm³/mol. The topological polar surface area (TPSA) is 18.5 Å². The van der Waals surface area contributed by atoms with E-state index in [-0.39, 0.29) is 0 Å². The van der Waals surface area contributed by atoms with E-state index in [0.29, 0.717) is 0 Å². The summed E-state index contributed by atoms with van der Waals surface area (Å²) in [4.78, 5) is 0. The molecule has 0 amide bonds. The standard InChI is InChI=1S/C17H19BrO2/c1-19-17-8-3-2-6-14(17)7-4-5-13-20-16-11-9-15(18)10-12-16/h2-3,6,8-12H,4-5,7,13H2,1H3. The maximum Gasteiger partial charge on any atom is 0.122 e. The van der Waals surface area contributed by atoms with E-state index in [1.165, 1.54) is 5.56 Å². The average molecular weight is 335 g/mol. The van der Waals surface area contributed by atoms with Gasteiger partial charge in [0.05, 0.1) is 13.7 Å². The summed E-state index contributed by atoms with van der Waals surface area (Å²) in [5, 5.41) is 0. The fourth-order valence-corrected chi connectivity index (χ4v) is 2.31. The van der Waals surface area contributed by atoms with Crippen LogP contribution in [-0.4, -0.2) is 13.7 Å². The smallest absolute Gasteiger partial charge is 0.122 e. The first kappa shape index (κ1) is 14.9. The van der Waals surface area contributed by atoms with Gasteiger partial charge in [0.25, 0.3) is 0 Å². The van der Waals surface area contributed by atoms with Gasteiger partial charge in [-0.3, -0.25) is 0 Å². The second-order valence-electron chi connectivity index (χ2n) is 4.57. The molecule has 2 rings (SSSR count). The first-order valence-corrected chi connectivity index (χ1v) is 7.59. The summed E-state index contributed by atoms with van der Waals surface area (Å²) in [6.07, 6.45) is 3.15. The molecule has 0 N–H and O–H groups in total. The van der Waals surface area contributed by atoms with E-state index < -0.39 is 0 Å². The molecule has 0 unspecified atom stereocenters. The van der Waals surface area contributed by atoms with E-state index in [2.05, 4.69) is 28.1 Å². The van der Waals surface area contributed by atoms with E-state index >= 15 is 0 Å². The Morgan fingerprint density at radius 2 is 1.70 bits per heavy atom. The summed E-state index contributed by atoms with van der Waals surface area (Å²) in [5.74, 6) is 1.90. The van der Waals surface area contributed by atoms with E-state index in [9.17, 15) is 0 Å². The summed E-state index contributed by atoms with van der Waals surface area (Å²) in [6.45, 7) is 0.747. The highest BCUT2D eigenvalue weighted by atomic mass is 79.9. The molecule has 0 saturated heterocycles. The number of rotatable bonds is 7. The third kappa shape index (κ3) is 4.57. The van der Waals surface area contributed by atoms with Crippen LogP contribution in [0.4, 0.5) is 0 Å². The molecule has 0 spiro atoms. The molecule has 106 valence electrons. The van der Waals surface area contributed by atoms with Crippen LogP contribution in [0.25, 0.3) is 0 Å². The molecular formula is C17H19BrO2. The molecule has 0 aliphatic rings. The number of benzene rings is 2. The molecule has 0 saturated carbocycles. The van der Waals surface area contributed by atoms with Crippen LogP contribution in [0.3, 0.4) is 0 Å².